The lowest BCUT2D eigenvalue weighted by molar-refractivity contribution is -0.135. The Hall–Kier alpha value is -1.38. The number of hydrogen-bond donors (Lipinski definition) is 0. The summed E-state index contributed by atoms with van der Waals surface area (Å²) in [6.07, 6.45) is 8.96. The van der Waals surface area contributed by atoms with Crippen LogP contribution in [0.3, 0.4) is 0 Å². The third-order valence-corrected chi connectivity index (χ3v) is 5.19. The van der Waals surface area contributed by atoms with E-state index in [1.807, 2.05) is 12.3 Å². The normalized spacial score (nSPS) is 27.4. The van der Waals surface area contributed by atoms with Gasteiger partial charge >= 0.3 is 0 Å². The van der Waals surface area contributed by atoms with Crippen molar-refractivity contribution in [2.75, 3.05) is 13.1 Å². The van der Waals surface area contributed by atoms with Crippen LogP contribution in [0.15, 0.2) is 18.3 Å². The molecule has 3 aliphatic rings. The van der Waals surface area contributed by atoms with Crippen molar-refractivity contribution in [3.63, 3.8) is 0 Å². The molecule has 1 spiro atoms. The topological polar surface area (TPSA) is 33.2 Å². The van der Waals surface area contributed by atoms with E-state index in [1.165, 1.54) is 31.2 Å². The largest absolute Gasteiger partial charge is 0.342 e. The molecular weight excluding hydrogens is 236 g/mol. The molecule has 0 N–H and O–H groups in total. The molecule has 1 unspecified atom stereocenters. The van der Waals surface area contributed by atoms with Crippen molar-refractivity contribution in [1.29, 1.82) is 0 Å². The van der Waals surface area contributed by atoms with Gasteiger partial charge in [0.2, 0.25) is 5.91 Å². The van der Waals surface area contributed by atoms with E-state index < -0.39 is 0 Å². The summed E-state index contributed by atoms with van der Waals surface area (Å²) in [6.45, 7) is 1.96. The summed E-state index contributed by atoms with van der Waals surface area (Å²) in [5.74, 6) is 0.369. The Morgan fingerprint density at radius 1 is 1.37 bits per heavy atom. The molecule has 1 aromatic heterocycles. The maximum Gasteiger partial charge on any atom is 0.231 e. The molecule has 1 aliphatic heterocycles. The molecule has 1 saturated heterocycles. The summed E-state index contributed by atoms with van der Waals surface area (Å²) in [7, 11) is 0. The quantitative estimate of drug-likeness (QED) is 0.773. The zero-order chi connectivity index (χ0) is 12.9. The first-order valence-corrected chi connectivity index (χ1v) is 7.50. The minimum absolute atomic E-state index is 0.0325. The van der Waals surface area contributed by atoms with Gasteiger partial charge in [0.05, 0.1) is 11.6 Å². The molecule has 1 saturated carbocycles. The first-order valence-electron chi connectivity index (χ1n) is 7.50. The molecule has 2 fully saturated rings. The Morgan fingerprint density at radius 3 is 3.11 bits per heavy atom. The van der Waals surface area contributed by atoms with Crippen LogP contribution in [0, 0.1) is 5.41 Å². The van der Waals surface area contributed by atoms with Crippen LogP contribution in [0.5, 0.6) is 0 Å². The lowest BCUT2D eigenvalue weighted by atomic mass is 9.93. The fourth-order valence-corrected chi connectivity index (χ4v) is 3.85. The summed E-state index contributed by atoms with van der Waals surface area (Å²) in [5, 5.41) is 0. The second-order valence-electron chi connectivity index (χ2n) is 6.50. The van der Waals surface area contributed by atoms with E-state index in [0.29, 0.717) is 11.3 Å². The molecule has 0 radical (unpaired) electrons. The fourth-order valence-electron chi connectivity index (χ4n) is 3.85. The van der Waals surface area contributed by atoms with E-state index >= 15 is 0 Å². The number of aromatic nitrogens is 1. The van der Waals surface area contributed by atoms with Crippen molar-refractivity contribution < 1.29 is 4.79 Å². The van der Waals surface area contributed by atoms with Crippen LogP contribution in [0.25, 0.3) is 0 Å². The Bertz CT molecular complexity index is 521. The van der Waals surface area contributed by atoms with Gasteiger partial charge in [0.25, 0.3) is 0 Å². The van der Waals surface area contributed by atoms with Gasteiger partial charge in [-0.25, -0.2) is 0 Å². The molecule has 100 valence electrons. The minimum Gasteiger partial charge on any atom is -0.342 e. The van der Waals surface area contributed by atoms with Gasteiger partial charge < -0.3 is 4.90 Å². The van der Waals surface area contributed by atoms with Crippen LogP contribution in [-0.4, -0.2) is 28.9 Å². The second-order valence-corrected chi connectivity index (χ2v) is 6.50. The first kappa shape index (κ1) is 11.4. The number of rotatable bonds is 1. The van der Waals surface area contributed by atoms with Crippen molar-refractivity contribution in [3.05, 3.63) is 29.6 Å². The van der Waals surface area contributed by atoms with Crippen LogP contribution in [0.4, 0.5) is 0 Å². The van der Waals surface area contributed by atoms with Gasteiger partial charge in [-0.05, 0) is 55.6 Å². The second kappa shape index (κ2) is 4.06. The predicted molar refractivity (Wildman–Crippen MR) is 72.8 cm³/mol. The molecule has 0 bridgehead atoms. The van der Waals surface area contributed by atoms with Crippen LogP contribution in [0.2, 0.25) is 0 Å². The van der Waals surface area contributed by atoms with Crippen LogP contribution >= 0.6 is 0 Å². The van der Waals surface area contributed by atoms with E-state index in [9.17, 15) is 4.79 Å². The van der Waals surface area contributed by atoms with Crippen molar-refractivity contribution in [2.24, 2.45) is 5.41 Å². The maximum absolute atomic E-state index is 12.8. The van der Waals surface area contributed by atoms with Crippen LogP contribution < -0.4 is 0 Å². The molecule has 3 nitrogen and oxygen atoms in total. The number of amides is 1. The van der Waals surface area contributed by atoms with Crippen LogP contribution in [0.1, 0.15) is 49.3 Å². The van der Waals surface area contributed by atoms with Gasteiger partial charge in [-0.15, -0.1) is 0 Å². The van der Waals surface area contributed by atoms with Gasteiger partial charge in [-0.2, -0.15) is 0 Å². The summed E-state index contributed by atoms with van der Waals surface area (Å²) >= 11 is 0. The molecule has 3 heteroatoms. The van der Waals surface area contributed by atoms with E-state index in [0.717, 1.165) is 31.6 Å². The number of carbonyl (C=O) groups is 1. The zero-order valence-electron chi connectivity index (χ0n) is 11.3. The van der Waals surface area contributed by atoms with Crippen molar-refractivity contribution in [1.82, 2.24) is 9.88 Å². The Morgan fingerprint density at radius 2 is 2.26 bits per heavy atom. The van der Waals surface area contributed by atoms with Crippen molar-refractivity contribution in [3.8, 4) is 0 Å². The standard InChI is InChI=1S/C16H20N2O/c19-15(18-10-2-6-16(11-18)7-8-16)13-5-4-12-3-1-9-17-14(12)13/h1,3,9,13H,2,4-8,10-11H2. The van der Waals surface area contributed by atoms with E-state index in [4.69, 9.17) is 0 Å². The number of carbonyl (C=O) groups excluding carboxylic acids is 1. The summed E-state index contributed by atoms with van der Waals surface area (Å²) in [5.41, 5.74) is 2.83. The number of pyridine rings is 1. The van der Waals surface area contributed by atoms with E-state index in [2.05, 4.69) is 16.0 Å². The Labute approximate surface area is 114 Å². The summed E-state index contributed by atoms with van der Waals surface area (Å²) in [6, 6.07) is 4.10. The maximum atomic E-state index is 12.8. The molecule has 1 aromatic rings. The number of likely N-dealkylation sites (tertiary alicyclic amines) is 1. The smallest absolute Gasteiger partial charge is 0.231 e. The SMILES string of the molecule is O=C(C1CCc2cccnc21)N1CCCC2(CC2)C1. The summed E-state index contributed by atoms with van der Waals surface area (Å²) < 4.78 is 0. The highest BCUT2D eigenvalue weighted by Gasteiger charge is 2.47. The van der Waals surface area contributed by atoms with E-state index in [1.54, 1.807) is 0 Å². The Balaban J connectivity index is 1.55. The lowest BCUT2D eigenvalue weighted by Crippen LogP contribution is -2.42. The Kier molecular flexibility index (Phi) is 2.44. The molecule has 0 aromatic carbocycles. The number of hydrogen-bond acceptors (Lipinski definition) is 2. The first-order chi connectivity index (χ1) is 9.27. The lowest BCUT2D eigenvalue weighted by Gasteiger charge is -2.34. The molecule has 1 amide bonds. The average Bonchev–Trinajstić information content (AvgIpc) is 3.05. The number of nitrogens with zero attached hydrogens (tertiary/aromatic N) is 2. The van der Waals surface area contributed by atoms with E-state index in [-0.39, 0.29) is 5.92 Å². The van der Waals surface area contributed by atoms with Gasteiger partial charge in [-0.3, -0.25) is 9.78 Å². The predicted octanol–water partition coefficient (Wildman–Crippen LogP) is 2.51. The molecule has 4 rings (SSSR count). The fraction of sp³-hybridized carbons (Fsp3) is 0.625. The highest BCUT2D eigenvalue weighted by atomic mass is 16.2. The minimum atomic E-state index is 0.0325. The number of fused-ring (bicyclic) bond motifs is 1. The summed E-state index contributed by atoms with van der Waals surface area (Å²) in [4.78, 5) is 19.4. The molecular formula is C16H20N2O. The molecule has 2 heterocycles. The van der Waals surface area contributed by atoms with Crippen molar-refractivity contribution in [2.45, 2.75) is 44.4 Å². The molecule has 19 heavy (non-hydrogen) atoms. The highest BCUT2D eigenvalue weighted by molar-refractivity contribution is 5.84. The van der Waals surface area contributed by atoms with Crippen LogP contribution in [-0.2, 0) is 11.2 Å². The van der Waals surface area contributed by atoms with Crippen molar-refractivity contribution >= 4 is 5.91 Å². The number of piperidine rings is 1. The molecule has 2 aliphatic carbocycles. The van der Waals surface area contributed by atoms with Gasteiger partial charge in [-0.1, -0.05) is 6.07 Å². The molecule has 1 atom stereocenters. The number of aryl methyl sites for hydroxylation is 1. The van der Waals surface area contributed by atoms with Gasteiger partial charge in [0.1, 0.15) is 0 Å². The third-order valence-electron chi connectivity index (χ3n) is 5.19. The van der Waals surface area contributed by atoms with Gasteiger partial charge in [0, 0.05) is 19.3 Å². The monoisotopic (exact) mass is 256 g/mol. The van der Waals surface area contributed by atoms with Gasteiger partial charge in [0.15, 0.2) is 0 Å². The highest BCUT2D eigenvalue weighted by Crippen LogP contribution is 2.52. The average molecular weight is 256 g/mol. The zero-order valence-corrected chi connectivity index (χ0v) is 11.3. The third kappa shape index (κ3) is 1.87.